The van der Waals surface area contributed by atoms with Crippen molar-refractivity contribution in [3.05, 3.63) is 0 Å². The first kappa shape index (κ1) is 13.3. The summed E-state index contributed by atoms with van der Waals surface area (Å²) >= 11 is 0. The Morgan fingerprint density at radius 1 is 1.53 bits per heavy atom. The lowest BCUT2D eigenvalue weighted by Crippen LogP contribution is -2.50. The molecule has 0 aromatic rings. The van der Waals surface area contributed by atoms with Gasteiger partial charge in [-0.3, -0.25) is 0 Å². The van der Waals surface area contributed by atoms with Crippen LogP contribution in [0.4, 0.5) is 4.79 Å². The molecule has 7 nitrogen and oxygen atoms in total. The Balaban J connectivity index is 2.52. The molecule has 0 aromatic heterocycles. The van der Waals surface area contributed by atoms with Crippen LogP contribution in [0.3, 0.4) is 0 Å². The van der Waals surface area contributed by atoms with Gasteiger partial charge in [0.2, 0.25) is 0 Å². The highest BCUT2D eigenvalue weighted by Gasteiger charge is 2.33. The highest BCUT2D eigenvalue weighted by molar-refractivity contribution is 5.83. The van der Waals surface area contributed by atoms with Gasteiger partial charge in [0.05, 0.1) is 19.1 Å². The van der Waals surface area contributed by atoms with Crippen molar-refractivity contribution in [2.24, 2.45) is 0 Å². The van der Waals surface area contributed by atoms with Gasteiger partial charge < -0.3 is 20.4 Å². The molecule has 1 aliphatic carbocycles. The van der Waals surface area contributed by atoms with E-state index in [-0.39, 0.29) is 19.0 Å². The van der Waals surface area contributed by atoms with Crippen LogP contribution in [0.1, 0.15) is 19.3 Å². The summed E-state index contributed by atoms with van der Waals surface area (Å²) in [5.74, 6) is -1.28. The number of carbonyl (C=O) groups is 2. The highest BCUT2D eigenvalue weighted by atomic mass is 16.4. The first-order valence-corrected chi connectivity index (χ1v) is 5.38. The summed E-state index contributed by atoms with van der Waals surface area (Å²) in [6, 6.07) is 0.194. The summed E-state index contributed by atoms with van der Waals surface area (Å²) in [5.41, 5.74) is 0. The molecule has 0 bridgehead atoms. The summed E-state index contributed by atoms with van der Waals surface area (Å²) in [5, 5.41) is 28.2. The largest absolute Gasteiger partial charge is 0.480 e. The highest BCUT2D eigenvalue weighted by Crippen LogP contribution is 2.26. The van der Waals surface area contributed by atoms with E-state index >= 15 is 0 Å². The Labute approximate surface area is 98.6 Å². The van der Waals surface area contributed by atoms with Crippen LogP contribution in [-0.2, 0) is 4.79 Å². The van der Waals surface area contributed by atoms with Crippen molar-refractivity contribution in [3.63, 3.8) is 0 Å². The van der Waals surface area contributed by atoms with E-state index in [4.69, 9.17) is 15.5 Å². The van der Waals surface area contributed by atoms with Crippen LogP contribution in [-0.4, -0.2) is 52.3 Å². The molecule has 17 heavy (non-hydrogen) atoms. The summed E-state index contributed by atoms with van der Waals surface area (Å²) in [6.45, 7) is -0.372. The van der Waals surface area contributed by atoms with E-state index in [0.717, 1.165) is 12.8 Å². The predicted octanol–water partition coefficient (Wildman–Crippen LogP) is -0.480. The number of hydrogen-bond acceptors (Lipinski definition) is 4. The third kappa shape index (κ3) is 3.92. The van der Waals surface area contributed by atoms with E-state index in [1.54, 1.807) is 0 Å². The first-order chi connectivity index (χ1) is 8.10. The molecule has 7 heteroatoms. The molecule has 94 valence electrons. The van der Waals surface area contributed by atoms with Gasteiger partial charge in [-0.2, -0.15) is 5.26 Å². The molecule has 0 aliphatic heterocycles. The fourth-order valence-corrected chi connectivity index (χ4v) is 1.42. The number of aliphatic carboxylic acids is 1. The Morgan fingerprint density at radius 3 is 2.59 bits per heavy atom. The van der Waals surface area contributed by atoms with Crippen molar-refractivity contribution in [2.75, 3.05) is 13.2 Å². The quantitative estimate of drug-likeness (QED) is 0.581. The molecule has 0 saturated heterocycles. The molecular weight excluding hydrogens is 226 g/mol. The van der Waals surface area contributed by atoms with Crippen LogP contribution >= 0.6 is 0 Å². The molecule has 0 heterocycles. The van der Waals surface area contributed by atoms with Crippen molar-refractivity contribution < 1.29 is 19.8 Å². The summed E-state index contributed by atoms with van der Waals surface area (Å²) in [4.78, 5) is 23.8. The van der Waals surface area contributed by atoms with E-state index in [9.17, 15) is 9.59 Å². The van der Waals surface area contributed by atoms with Crippen molar-refractivity contribution in [1.29, 1.82) is 5.26 Å². The normalized spacial score (nSPS) is 15.8. The van der Waals surface area contributed by atoms with E-state index in [1.807, 2.05) is 6.07 Å². The monoisotopic (exact) mass is 241 g/mol. The Bertz CT molecular complexity index is 335. The minimum atomic E-state index is -1.30. The number of nitrogens with zero attached hydrogens (tertiary/aromatic N) is 2. The molecule has 2 amide bonds. The molecule has 0 radical (unpaired) electrons. The average molecular weight is 241 g/mol. The SMILES string of the molecule is N#CCCN(C(=O)NC(CO)C(=O)O)C1CC1. The van der Waals surface area contributed by atoms with Crippen LogP contribution in [0.15, 0.2) is 0 Å². The van der Waals surface area contributed by atoms with E-state index in [0.29, 0.717) is 0 Å². The zero-order valence-electron chi connectivity index (χ0n) is 9.30. The summed E-state index contributed by atoms with van der Waals surface area (Å²) < 4.78 is 0. The van der Waals surface area contributed by atoms with E-state index in [1.165, 1.54) is 4.90 Å². The second-order valence-electron chi connectivity index (χ2n) is 3.86. The molecule has 1 aliphatic rings. The van der Waals surface area contributed by atoms with E-state index in [2.05, 4.69) is 5.32 Å². The van der Waals surface area contributed by atoms with Crippen LogP contribution in [0, 0.1) is 11.3 Å². The number of rotatable bonds is 6. The maximum Gasteiger partial charge on any atom is 0.328 e. The Hall–Kier alpha value is -1.81. The molecule has 1 atom stereocenters. The van der Waals surface area contributed by atoms with Gasteiger partial charge in [0.15, 0.2) is 6.04 Å². The third-order valence-electron chi connectivity index (χ3n) is 2.49. The second kappa shape index (κ2) is 6.06. The molecule has 1 rings (SSSR count). The van der Waals surface area contributed by atoms with Gasteiger partial charge in [0.1, 0.15) is 0 Å². The van der Waals surface area contributed by atoms with Gasteiger partial charge in [0, 0.05) is 12.6 Å². The maximum atomic E-state index is 11.7. The average Bonchev–Trinajstić information content (AvgIpc) is 3.10. The zero-order valence-corrected chi connectivity index (χ0v) is 9.30. The molecule has 1 saturated carbocycles. The van der Waals surface area contributed by atoms with Gasteiger partial charge >= 0.3 is 12.0 Å². The minimum Gasteiger partial charge on any atom is -0.480 e. The number of aliphatic hydroxyl groups is 1. The van der Waals surface area contributed by atoms with E-state index < -0.39 is 24.6 Å². The lowest BCUT2D eigenvalue weighted by molar-refractivity contribution is -0.140. The number of carboxylic acids is 1. The second-order valence-corrected chi connectivity index (χ2v) is 3.86. The third-order valence-corrected chi connectivity index (χ3v) is 2.49. The van der Waals surface area contributed by atoms with Gasteiger partial charge in [-0.05, 0) is 12.8 Å². The summed E-state index contributed by atoms with van der Waals surface area (Å²) in [7, 11) is 0. The lowest BCUT2D eigenvalue weighted by Gasteiger charge is -2.23. The predicted molar refractivity (Wildman–Crippen MR) is 57.0 cm³/mol. The van der Waals surface area contributed by atoms with Crippen LogP contribution < -0.4 is 5.32 Å². The summed E-state index contributed by atoms with van der Waals surface area (Å²) in [6.07, 6.45) is 1.95. The molecule has 0 spiro atoms. The molecule has 1 fully saturated rings. The molecule has 3 N–H and O–H groups in total. The zero-order chi connectivity index (χ0) is 12.8. The number of carboxylic acid groups (broad SMARTS) is 1. The van der Waals surface area contributed by atoms with Crippen molar-refractivity contribution >= 4 is 12.0 Å². The van der Waals surface area contributed by atoms with Gasteiger partial charge in [-0.15, -0.1) is 0 Å². The first-order valence-electron chi connectivity index (χ1n) is 5.38. The topological polar surface area (TPSA) is 114 Å². The standard InChI is InChI=1S/C10H15N3O4/c11-4-1-5-13(7-2-3-7)10(17)12-8(6-14)9(15)16/h7-8,14H,1-3,5-6H2,(H,12,17)(H,15,16). The number of carbonyl (C=O) groups excluding carboxylic acids is 1. The van der Waals surface area contributed by atoms with Crippen molar-refractivity contribution in [2.45, 2.75) is 31.3 Å². The number of nitrogens with one attached hydrogen (secondary N) is 1. The molecular formula is C10H15N3O4. The number of amides is 2. The fourth-order valence-electron chi connectivity index (χ4n) is 1.42. The fraction of sp³-hybridized carbons (Fsp3) is 0.700. The maximum absolute atomic E-state index is 11.7. The Morgan fingerprint density at radius 2 is 2.18 bits per heavy atom. The van der Waals surface area contributed by atoms with Gasteiger partial charge in [-0.25, -0.2) is 9.59 Å². The minimum absolute atomic E-state index is 0.0940. The smallest absolute Gasteiger partial charge is 0.328 e. The molecule has 0 aromatic carbocycles. The number of aliphatic hydroxyl groups excluding tert-OH is 1. The van der Waals surface area contributed by atoms with Crippen LogP contribution in [0.5, 0.6) is 0 Å². The van der Waals surface area contributed by atoms with Crippen LogP contribution in [0.2, 0.25) is 0 Å². The number of urea groups is 1. The lowest BCUT2D eigenvalue weighted by atomic mass is 10.3. The van der Waals surface area contributed by atoms with Crippen molar-refractivity contribution in [1.82, 2.24) is 10.2 Å². The van der Waals surface area contributed by atoms with Gasteiger partial charge in [-0.1, -0.05) is 0 Å². The van der Waals surface area contributed by atoms with Crippen molar-refractivity contribution in [3.8, 4) is 6.07 Å². The molecule has 1 unspecified atom stereocenters. The number of nitriles is 1. The Kier molecular flexibility index (Phi) is 4.72. The van der Waals surface area contributed by atoms with Crippen LogP contribution in [0.25, 0.3) is 0 Å². The van der Waals surface area contributed by atoms with Gasteiger partial charge in [0.25, 0.3) is 0 Å². The number of hydrogen-bond donors (Lipinski definition) is 3.